The summed E-state index contributed by atoms with van der Waals surface area (Å²) in [5.74, 6) is 0.234. The number of aromatic hydroxyl groups is 1. The van der Waals surface area contributed by atoms with E-state index in [1.807, 2.05) is 4.57 Å². The number of phenolic OH excluding ortho intramolecular Hbond substituents is 1. The van der Waals surface area contributed by atoms with Gasteiger partial charge in [0.15, 0.2) is 17.2 Å². The van der Waals surface area contributed by atoms with Crippen LogP contribution < -0.4 is 10.6 Å². The molecule has 176 valence electrons. The van der Waals surface area contributed by atoms with Crippen LogP contribution in [-0.2, 0) is 6.54 Å². The van der Waals surface area contributed by atoms with Gasteiger partial charge in [-0.3, -0.25) is 0 Å². The van der Waals surface area contributed by atoms with E-state index >= 15 is 0 Å². The first kappa shape index (κ1) is 22.8. The maximum atomic E-state index is 14.2. The predicted octanol–water partition coefficient (Wildman–Crippen LogP) is 5.70. The molecule has 0 unspecified atom stereocenters. The van der Waals surface area contributed by atoms with Crippen LogP contribution in [0.15, 0.2) is 36.5 Å². The van der Waals surface area contributed by atoms with Gasteiger partial charge in [-0.1, -0.05) is 29.3 Å². The minimum atomic E-state index is -0.684. The highest BCUT2D eigenvalue weighted by atomic mass is 35.5. The Labute approximate surface area is 206 Å². The van der Waals surface area contributed by atoms with Crippen molar-refractivity contribution < 1.29 is 9.50 Å². The van der Waals surface area contributed by atoms with Crippen molar-refractivity contribution in [3.63, 3.8) is 0 Å². The molecule has 1 fully saturated rings. The lowest BCUT2D eigenvalue weighted by molar-refractivity contribution is 0.341. The number of imidazole rings is 1. The molecule has 5 rings (SSSR count). The van der Waals surface area contributed by atoms with Crippen molar-refractivity contribution in [3.8, 4) is 17.1 Å². The molecule has 0 bridgehead atoms. The molecule has 10 heteroatoms. The molecule has 0 spiro atoms. The predicted molar refractivity (Wildman–Crippen MR) is 132 cm³/mol. The number of phenols is 1. The highest BCUT2D eigenvalue weighted by Crippen LogP contribution is 2.36. The number of fused-ring (bicyclic) bond motifs is 1. The fourth-order valence-electron chi connectivity index (χ4n) is 4.32. The lowest BCUT2D eigenvalue weighted by Gasteiger charge is -2.24. The third-order valence-corrected chi connectivity index (χ3v) is 6.76. The summed E-state index contributed by atoms with van der Waals surface area (Å²) in [6.07, 6.45) is 3.82. The number of nitrogens with zero attached hydrogens (tertiary/aromatic N) is 4. The van der Waals surface area contributed by atoms with Crippen LogP contribution >= 0.6 is 23.2 Å². The van der Waals surface area contributed by atoms with E-state index in [9.17, 15) is 9.50 Å². The largest absolute Gasteiger partial charge is 0.505 e. The van der Waals surface area contributed by atoms with Gasteiger partial charge in [-0.2, -0.15) is 4.98 Å². The molecule has 2 aromatic heterocycles. The summed E-state index contributed by atoms with van der Waals surface area (Å²) in [6, 6.07) is 8.25. The maximum absolute atomic E-state index is 14.2. The molecule has 2 aromatic carbocycles. The topological polar surface area (TPSA) is 87.9 Å². The molecule has 3 heterocycles. The number of benzene rings is 2. The Bertz CT molecular complexity index is 1350. The van der Waals surface area contributed by atoms with Crippen LogP contribution in [0, 0.1) is 18.7 Å². The number of hydrogen-bond donors (Lipinski definition) is 3. The molecule has 0 aliphatic carbocycles. The lowest BCUT2D eigenvalue weighted by Crippen LogP contribution is -2.32. The van der Waals surface area contributed by atoms with Gasteiger partial charge in [-0.05, 0) is 63.0 Å². The summed E-state index contributed by atoms with van der Waals surface area (Å²) in [6.45, 7) is 4.18. The molecule has 3 N–H and O–H groups in total. The summed E-state index contributed by atoms with van der Waals surface area (Å²) in [4.78, 5) is 13.9. The first-order valence-corrected chi connectivity index (χ1v) is 11.8. The second-order valence-electron chi connectivity index (χ2n) is 8.45. The van der Waals surface area contributed by atoms with Crippen LogP contribution in [0.4, 0.5) is 16.0 Å². The van der Waals surface area contributed by atoms with Gasteiger partial charge >= 0.3 is 0 Å². The number of rotatable bonds is 5. The van der Waals surface area contributed by atoms with Crippen LogP contribution in [0.1, 0.15) is 18.4 Å². The zero-order valence-corrected chi connectivity index (χ0v) is 20.0. The monoisotopic (exact) mass is 500 g/mol. The van der Waals surface area contributed by atoms with E-state index in [0.29, 0.717) is 56.7 Å². The number of aromatic nitrogens is 4. The Balaban J connectivity index is 1.61. The molecule has 34 heavy (non-hydrogen) atoms. The first-order valence-electron chi connectivity index (χ1n) is 11.1. The second-order valence-corrected chi connectivity index (χ2v) is 9.27. The minimum absolute atomic E-state index is 0.272. The van der Waals surface area contributed by atoms with E-state index in [-0.39, 0.29) is 5.56 Å². The Morgan fingerprint density at radius 2 is 2.00 bits per heavy atom. The number of nitrogens with one attached hydrogen (secondary N) is 2. The van der Waals surface area contributed by atoms with Crippen molar-refractivity contribution in [3.05, 3.63) is 58.0 Å². The summed E-state index contributed by atoms with van der Waals surface area (Å²) < 4.78 is 16.2. The van der Waals surface area contributed by atoms with Crippen LogP contribution in [-0.4, -0.2) is 37.7 Å². The molecule has 1 atom stereocenters. The van der Waals surface area contributed by atoms with Crippen molar-refractivity contribution in [2.45, 2.75) is 26.3 Å². The summed E-state index contributed by atoms with van der Waals surface area (Å²) in [7, 11) is 0. The van der Waals surface area contributed by atoms with E-state index in [4.69, 9.17) is 33.2 Å². The van der Waals surface area contributed by atoms with Gasteiger partial charge in [0.05, 0.1) is 21.8 Å². The first-order chi connectivity index (χ1) is 16.4. The zero-order chi connectivity index (χ0) is 23.8. The quantitative estimate of drug-likeness (QED) is 0.304. The SMILES string of the molecule is Cc1c(Nc2ncc3nc(-c4c(Cl)cccc4Cl)n(C[C@@H]4CCCNC4)c3n2)ccc(O)c1F. The molecule has 7 nitrogen and oxygen atoms in total. The van der Waals surface area contributed by atoms with E-state index in [0.717, 1.165) is 25.9 Å². The van der Waals surface area contributed by atoms with Gasteiger partial charge in [-0.15, -0.1) is 0 Å². The minimum Gasteiger partial charge on any atom is -0.505 e. The molecule has 1 aliphatic heterocycles. The number of anilines is 2. The third-order valence-electron chi connectivity index (χ3n) is 6.13. The highest BCUT2D eigenvalue weighted by molar-refractivity contribution is 6.39. The number of halogens is 3. The molecular formula is C24H23Cl2FN6O. The number of piperidine rings is 1. The molecule has 0 amide bonds. The van der Waals surface area contributed by atoms with Crippen molar-refractivity contribution in [2.75, 3.05) is 18.4 Å². The third kappa shape index (κ3) is 4.29. The van der Waals surface area contributed by atoms with Gasteiger partial charge in [0.25, 0.3) is 0 Å². The Hall–Kier alpha value is -2.94. The van der Waals surface area contributed by atoms with Crippen LogP contribution in [0.3, 0.4) is 0 Å². The van der Waals surface area contributed by atoms with E-state index < -0.39 is 11.6 Å². The standard InChI is InChI=1S/C24H23Cl2FN6O/c1-13-17(7-8-19(34)21(13)27)31-24-29-11-18-22(32-24)33(12-14-4-3-9-28-10-14)23(30-18)20-15(25)5-2-6-16(20)26/h2,5-8,11,14,28,34H,3-4,9-10,12H2,1H3,(H,29,31,32)/t14-/m1/s1. The van der Waals surface area contributed by atoms with E-state index in [1.165, 1.54) is 6.07 Å². The average molecular weight is 501 g/mol. The van der Waals surface area contributed by atoms with Crippen LogP contribution in [0.25, 0.3) is 22.6 Å². The Morgan fingerprint density at radius 1 is 1.21 bits per heavy atom. The van der Waals surface area contributed by atoms with Crippen molar-refractivity contribution >= 4 is 46.0 Å². The van der Waals surface area contributed by atoms with E-state index in [1.54, 1.807) is 37.4 Å². The average Bonchev–Trinajstić information content (AvgIpc) is 3.17. The second kappa shape index (κ2) is 9.37. The van der Waals surface area contributed by atoms with Gasteiger partial charge in [0.1, 0.15) is 11.3 Å². The van der Waals surface area contributed by atoms with Crippen molar-refractivity contribution in [1.29, 1.82) is 0 Å². The molecule has 0 saturated carbocycles. The highest BCUT2D eigenvalue weighted by Gasteiger charge is 2.23. The lowest BCUT2D eigenvalue weighted by atomic mass is 9.99. The van der Waals surface area contributed by atoms with E-state index in [2.05, 4.69) is 15.6 Å². The van der Waals surface area contributed by atoms with Crippen molar-refractivity contribution in [1.82, 2.24) is 24.8 Å². The summed E-state index contributed by atoms with van der Waals surface area (Å²) >= 11 is 13.1. The van der Waals surface area contributed by atoms with Gasteiger partial charge in [0, 0.05) is 17.8 Å². The zero-order valence-electron chi connectivity index (χ0n) is 18.4. The summed E-state index contributed by atoms with van der Waals surface area (Å²) in [5, 5.41) is 17.1. The fourth-order valence-corrected chi connectivity index (χ4v) is 4.89. The normalized spacial score (nSPS) is 16.2. The molecule has 1 saturated heterocycles. The Kier molecular flexibility index (Phi) is 6.29. The fraction of sp³-hybridized carbons (Fsp3) is 0.292. The molecular weight excluding hydrogens is 478 g/mol. The van der Waals surface area contributed by atoms with Crippen LogP contribution in [0.2, 0.25) is 10.0 Å². The maximum Gasteiger partial charge on any atom is 0.229 e. The van der Waals surface area contributed by atoms with Crippen LogP contribution in [0.5, 0.6) is 5.75 Å². The molecule has 4 aromatic rings. The Morgan fingerprint density at radius 3 is 2.74 bits per heavy atom. The van der Waals surface area contributed by atoms with Gasteiger partial charge in [-0.25, -0.2) is 14.4 Å². The number of hydrogen-bond acceptors (Lipinski definition) is 6. The van der Waals surface area contributed by atoms with Gasteiger partial charge < -0.3 is 20.3 Å². The van der Waals surface area contributed by atoms with Crippen molar-refractivity contribution in [2.24, 2.45) is 5.92 Å². The summed E-state index contributed by atoms with van der Waals surface area (Å²) in [5.41, 5.74) is 2.62. The molecule has 1 aliphatic rings. The smallest absolute Gasteiger partial charge is 0.229 e. The molecule has 0 radical (unpaired) electrons. The van der Waals surface area contributed by atoms with Gasteiger partial charge in [0.2, 0.25) is 5.95 Å².